The first-order valence-electron chi connectivity index (χ1n) is 5.87. The van der Waals surface area contributed by atoms with Gasteiger partial charge in [0.2, 0.25) is 0 Å². The number of halogens is 1. The molecule has 1 aromatic heterocycles. The first kappa shape index (κ1) is 13.5. The average Bonchev–Trinajstić information content (AvgIpc) is 2.90. The Bertz CT molecular complexity index is 467. The van der Waals surface area contributed by atoms with Crippen molar-refractivity contribution in [1.82, 2.24) is 4.98 Å². The number of ether oxygens (including phenoxy) is 1. The van der Waals surface area contributed by atoms with Gasteiger partial charge in [0.25, 0.3) is 0 Å². The summed E-state index contributed by atoms with van der Waals surface area (Å²) in [5, 5.41) is 0. The highest BCUT2D eigenvalue weighted by atomic mass is 79.9. The van der Waals surface area contributed by atoms with Crippen LogP contribution in [-0.4, -0.2) is 22.6 Å². The summed E-state index contributed by atoms with van der Waals surface area (Å²) in [4.78, 5) is 16.6. The molecule has 0 aromatic carbocycles. The lowest BCUT2D eigenvalue weighted by atomic mass is 10.0. The van der Waals surface area contributed by atoms with Gasteiger partial charge in [0.05, 0.1) is 5.69 Å². The summed E-state index contributed by atoms with van der Waals surface area (Å²) in [6.07, 6.45) is 2.27. The van der Waals surface area contributed by atoms with E-state index in [9.17, 15) is 4.79 Å². The van der Waals surface area contributed by atoms with Crippen LogP contribution in [0.25, 0.3) is 0 Å². The van der Waals surface area contributed by atoms with E-state index in [1.54, 1.807) is 6.20 Å². The van der Waals surface area contributed by atoms with E-state index in [4.69, 9.17) is 10.5 Å². The Morgan fingerprint density at radius 2 is 2.17 bits per heavy atom. The number of carbonyl (C=O) groups excluding carboxylic acids is 1. The van der Waals surface area contributed by atoms with Crippen LogP contribution in [0.3, 0.4) is 0 Å². The third-order valence-corrected chi connectivity index (χ3v) is 3.43. The summed E-state index contributed by atoms with van der Waals surface area (Å²) in [5.74, 6) is -0.280. The Labute approximate surface area is 115 Å². The maximum Gasteiger partial charge on any atom is 0.320 e. The van der Waals surface area contributed by atoms with E-state index in [0.29, 0.717) is 12.1 Å². The molecule has 0 bridgehead atoms. The van der Waals surface area contributed by atoms with Crippen LogP contribution in [0.15, 0.2) is 22.8 Å². The van der Waals surface area contributed by atoms with Crippen molar-refractivity contribution in [3.63, 3.8) is 0 Å². The SMILES string of the molecule is CC(C)(C)OC(=O)C1(c2ccc(Br)cn2)CC1N. The van der Waals surface area contributed by atoms with Crippen molar-refractivity contribution in [1.29, 1.82) is 0 Å². The van der Waals surface area contributed by atoms with E-state index >= 15 is 0 Å². The fourth-order valence-corrected chi connectivity index (χ4v) is 2.17. The van der Waals surface area contributed by atoms with Crippen molar-refractivity contribution < 1.29 is 9.53 Å². The topological polar surface area (TPSA) is 65.2 Å². The molecule has 4 nitrogen and oxygen atoms in total. The molecule has 1 fully saturated rings. The molecule has 2 rings (SSSR count). The molecule has 0 radical (unpaired) electrons. The van der Waals surface area contributed by atoms with Crippen LogP contribution in [0.5, 0.6) is 0 Å². The van der Waals surface area contributed by atoms with Crippen molar-refractivity contribution in [2.24, 2.45) is 5.73 Å². The van der Waals surface area contributed by atoms with Gasteiger partial charge in [-0.15, -0.1) is 0 Å². The van der Waals surface area contributed by atoms with Crippen molar-refractivity contribution in [3.8, 4) is 0 Å². The molecule has 2 unspecified atom stereocenters. The maximum absolute atomic E-state index is 12.3. The molecule has 1 aliphatic rings. The van der Waals surface area contributed by atoms with Gasteiger partial charge in [0.15, 0.2) is 0 Å². The van der Waals surface area contributed by atoms with Crippen molar-refractivity contribution in [2.45, 2.75) is 44.2 Å². The molecule has 1 saturated carbocycles. The number of nitrogens with zero attached hydrogens (tertiary/aromatic N) is 1. The van der Waals surface area contributed by atoms with Gasteiger partial charge >= 0.3 is 5.97 Å². The fourth-order valence-electron chi connectivity index (χ4n) is 1.93. The van der Waals surface area contributed by atoms with Crippen molar-refractivity contribution >= 4 is 21.9 Å². The fraction of sp³-hybridized carbons (Fsp3) is 0.538. The lowest BCUT2D eigenvalue weighted by molar-refractivity contribution is -0.158. The molecular weight excluding hydrogens is 296 g/mol. The number of pyridine rings is 1. The Hall–Kier alpha value is -0.940. The monoisotopic (exact) mass is 312 g/mol. The normalized spacial score (nSPS) is 26.8. The van der Waals surface area contributed by atoms with Crippen LogP contribution in [-0.2, 0) is 14.9 Å². The molecule has 1 heterocycles. The van der Waals surface area contributed by atoms with E-state index < -0.39 is 11.0 Å². The zero-order chi connectivity index (χ0) is 13.6. The second-order valence-electron chi connectivity index (χ2n) is 5.65. The Balaban J connectivity index is 2.27. The number of aromatic nitrogens is 1. The van der Waals surface area contributed by atoms with Crippen LogP contribution in [0, 0.1) is 0 Å². The summed E-state index contributed by atoms with van der Waals surface area (Å²) in [6.45, 7) is 5.55. The zero-order valence-corrected chi connectivity index (χ0v) is 12.3. The van der Waals surface area contributed by atoms with Gasteiger partial charge in [-0.3, -0.25) is 9.78 Å². The van der Waals surface area contributed by atoms with E-state index in [-0.39, 0.29) is 12.0 Å². The molecule has 2 atom stereocenters. The number of nitrogens with two attached hydrogens (primary N) is 1. The van der Waals surface area contributed by atoms with Crippen molar-refractivity contribution in [3.05, 3.63) is 28.5 Å². The summed E-state index contributed by atoms with van der Waals surface area (Å²) in [6, 6.07) is 3.47. The molecule has 98 valence electrons. The largest absolute Gasteiger partial charge is 0.459 e. The van der Waals surface area contributed by atoms with E-state index in [1.807, 2.05) is 32.9 Å². The molecule has 5 heteroatoms. The predicted octanol–water partition coefficient (Wildman–Crippen LogP) is 2.15. The Morgan fingerprint density at radius 3 is 2.56 bits per heavy atom. The summed E-state index contributed by atoms with van der Waals surface area (Å²) in [5.41, 5.74) is 5.36. The molecule has 0 amide bonds. The Kier molecular flexibility index (Phi) is 3.23. The molecule has 1 aliphatic carbocycles. The third kappa shape index (κ3) is 2.42. The first-order chi connectivity index (χ1) is 8.25. The highest BCUT2D eigenvalue weighted by Gasteiger charge is 2.62. The summed E-state index contributed by atoms with van der Waals surface area (Å²) < 4.78 is 6.32. The van der Waals surface area contributed by atoms with Gasteiger partial charge in [0.1, 0.15) is 11.0 Å². The van der Waals surface area contributed by atoms with Crippen LogP contribution in [0.1, 0.15) is 32.9 Å². The average molecular weight is 313 g/mol. The quantitative estimate of drug-likeness (QED) is 0.850. The molecular formula is C13H17BrN2O2. The summed E-state index contributed by atoms with van der Waals surface area (Å²) >= 11 is 3.32. The van der Waals surface area contributed by atoms with Crippen LogP contribution in [0.4, 0.5) is 0 Å². The number of hydrogen-bond acceptors (Lipinski definition) is 4. The first-order valence-corrected chi connectivity index (χ1v) is 6.66. The maximum atomic E-state index is 12.3. The minimum absolute atomic E-state index is 0.207. The highest BCUT2D eigenvalue weighted by molar-refractivity contribution is 9.10. The van der Waals surface area contributed by atoms with Gasteiger partial charge in [0, 0.05) is 16.7 Å². The summed E-state index contributed by atoms with van der Waals surface area (Å²) in [7, 11) is 0. The van der Waals surface area contributed by atoms with Gasteiger partial charge in [-0.1, -0.05) is 0 Å². The molecule has 0 spiro atoms. The molecule has 0 aliphatic heterocycles. The van der Waals surface area contributed by atoms with Gasteiger partial charge < -0.3 is 10.5 Å². The van der Waals surface area contributed by atoms with Gasteiger partial charge in [-0.2, -0.15) is 0 Å². The van der Waals surface area contributed by atoms with Crippen LogP contribution < -0.4 is 5.73 Å². The molecule has 2 N–H and O–H groups in total. The van der Waals surface area contributed by atoms with E-state index in [0.717, 1.165) is 4.47 Å². The highest BCUT2D eigenvalue weighted by Crippen LogP contribution is 2.48. The standard InChI is InChI=1S/C13H17BrN2O2/c1-12(2,3)18-11(17)13(6-9(13)15)10-5-4-8(14)7-16-10/h4-5,7,9H,6,15H2,1-3H3. The van der Waals surface area contributed by atoms with Gasteiger partial charge in [-0.05, 0) is 55.3 Å². The lowest BCUT2D eigenvalue weighted by Gasteiger charge is -2.24. The number of hydrogen-bond donors (Lipinski definition) is 1. The number of carbonyl (C=O) groups is 1. The van der Waals surface area contributed by atoms with Crippen LogP contribution in [0.2, 0.25) is 0 Å². The number of rotatable bonds is 2. The van der Waals surface area contributed by atoms with E-state index in [1.165, 1.54) is 0 Å². The Morgan fingerprint density at radius 1 is 1.56 bits per heavy atom. The minimum Gasteiger partial charge on any atom is -0.459 e. The smallest absolute Gasteiger partial charge is 0.320 e. The third-order valence-electron chi connectivity index (χ3n) is 2.96. The molecule has 18 heavy (non-hydrogen) atoms. The number of esters is 1. The zero-order valence-electron chi connectivity index (χ0n) is 10.7. The molecule has 0 saturated heterocycles. The van der Waals surface area contributed by atoms with Crippen LogP contribution >= 0.6 is 15.9 Å². The van der Waals surface area contributed by atoms with Gasteiger partial charge in [-0.25, -0.2) is 0 Å². The van der Waals surface area contributed by atoms with E-state index in [2.05, 4.69) is 20.9 Å². The second kappa shape index (κ2) is 4.31. The minimum atomic E-state index is -0.756. The van der Waals surface area contributed by atoms with Crippen molar-refractivity contribution in [2.75, 3.05) is 0 Å². The molecule has 1 aromatic rings. The lowest BCUT2D eigenvalue weighted by Crippen LogP contribution is -2.36. The second-order valence-corrected chi connectivity index (χ2v) is 6.56. The predicted molar refractivity (Wildman–Crippen MR) is 72.1 cm³/mol.